The van der Waals surface area contributed by atoms with Crippen molar-refractivity contribution >= 4 is 23.5 Å². The van der Waals surface area contributed by atoms with Crippen LogP contribution in [0.1, 0.15) is 10.4 Å². The lowest BCUT2D eigenvalue weighted by Gasteiger charge is -2.22. The van der Waals surface area contributed by atoms with Crippen LogP contribution in [-0.2, 0) is 4.79 Å². The van der Waals surface area contributed by atoms with Crippen molar-refractivity contribution in [2.24, 2.45) is 0 Å². The fraction of sp³-hybridized carbons (Fsp3) is 0.400. The number of hydrogen-bond donors (Lipinski definition) is 3. The lowest BCUT2D eigenvalue weighted by atomic mass is 10.1. The van der Waals surface area contributed by atoms with Gasteiger partial charge < -0.3 is 15.3 Å². The first-order chi connectivity index (χ1) is 11.0. The van der Waals surface area contributed by atoms with Crippen LogP contribution < -0.4 is 15.5 Å². The summed E-state index contributed by atoms with van der Waals surface area (Å²) in [5.74, 6) is -0.512. The van der Waals surface area contributed by atoms with Gasteiger partial charge in [0.2, 0.25) is 5.91 Å². The fourth-order valence-electron chi connectivity index (χ4n) is 2.69. The SMILES string of the molecule is O=C1CN(c2ccc(C(=O)N3CCNC[C@H](O)C3)cc2)C(=O)N1. The van der Waals surface area contributed by atoms with Crippen LogP contribution in [0, 0.1) is 0 Å². The highest BCUT2D eigenvalue weighted by atomic mass is 16.3. The number of urea groups is 1. The van der Waals surface area contributed by atoms with Crippen molar-refractivity contribution in [3.8, 4) is 0 Å². The maximum atomic E-state index is 12.5. The van der Waals surface area contributed by atoms with Gasteiger partial charge in [-0.1, -0.05) is 0 Å². The minimum absolute atomic E-state index is 0.0177. The number of nitrogens with one attached hydrogen (secondary N) is 2. The molecule has 0 spiro atoms. The quantitative estimate of drug-likeness (QED) is 0.617. The fourth-order valence-corrected chi connectivity index (χ4v) is 2.69. The Balaban J connectivity index is 1.72. The van der Waals surface area contributed by atoms with Crippen molar-refractivity contribution in [2.75, 3.05) is 37.6 Å². The summed E-state index contributed by atoms with van der Waals surface area (Å²) in [7, 11) is 0. The third-order valence-electron chi connectivity index (χ3n) is 3.88. The number of carbonyl (C=O) groups is 3. The third-order valence-corrected chi connectivity index (χ3v) is 3.88. The Kier molecular flexibility index (Phi) is 4.26. The number of rotatable bonds is 2. The second-order valence-electron chi connectivity index (χ2n) is 5.60. The molecule has 1 aromatic carbocycles. The molecule has 8 nitrogen and oxygen atoms in total. The Morgan fingerprint density at radius 1 is 1.22 bits per heavy atom. The smallest absolute Gasteiger partial charge is 0.329 e. The molecule has 3 N–H and O–H groups in total. The number of nitrogens with zero attached hydrogens (tertiary/aromatic N) is 2. The molecule has 2 aliphatic heterocycles. The Bertz CT molecular complexity index is 631. The van der Waals surface area contributed by atoms with Gasteiger partial charge in [-0.15, -0.1) is 0 Å². The summed E-state index contributed by atoms with van der Waals surface area (Å²) in [5.41, 5.74) is 1.04. The maximum Gasteiger partial charge on any atom is 0.329 e. The Morgan fingerprint density at radius 2 is 1.96 bits per heavy atom. The van der Waals surface area contributed by atoms with Crippen LogP contribution in [0.3, 0.4) is 0 Å². The molecule has 3 rings (SSSR count). The van der Waals surface area contributed by atoms with Crippen molar-refractivity contribution in [3.63, 3.8) is 0 Å². The van der Waals surface area contributed by atoms with E-state index in [0.717, 1.165) is 0 Å². The van der Waals surface area contributed by atoms with E-state index >= 15 is 0 Å². The zero-order chi connectivity index (χ0) is 16.4. The van der Waals surface area contributed by atoms with E-state index in [1.54, 1.807) is 29.2 Å². The Hall–Kier alpha value is -2.45. The monoisotopic (exact) mass is 318 g/mol. The molecule has 0 unspecified atom stereocenters. The highest BCUT2D eigenvalue weighted by Crippen LogP contribution is 2.18. The highest BCUT2D eigenvalue weighted by molar-refractivity contribution is 6.12. The van der Waals surface area contributed by atoms with E-state index in [4.69, 9.17) is 0 Å². The summed E-state index contributed by atoms with van der Waals surface area (Å²) in [6, 6.07) is 6.06. The van der Waals surface area contributed by atoms with E-state index in [-0.39, 0.29) is 24.9 Å². The van der Waals surface area contributed by atoms with Crippen LogP contribution in [0.5, 0.6) is 0 Å². The largest absolute Gasteiger partial charge is 0.390 e. The summed E-state index contributed by atoms with van der Waals surface area (Å²) in [6.07, 6.45) is -0.583. The first kappa shape index (κ1) is 15.4. The van der Waals surface area contributed by atoms with Crippen LogP contribution in [0.15, 0.2) is 24.3 Å². The summed E-state index contributed by atoms with van der Waals surface area (Å²) >= 11 is 0. The van der Waals surface area contributed by atoms with Crippen molar-refractivity contribution < 1.29 is 19.5 Å². The number of anilines is 1. The summed E-state index contributed by atoms with van der Waals surface area (Å²) in [4.78, 5) is 38.2. The van der Waals surface area contributed by atoms with Crippen LogP contribution in [0.2, 0.25) is 0 Å². The van der Waals surface area contributed by atoms with Crippen LogP contribution >= 0.6 is 0 Å². The van der Waals surface area contributed by atoms with Crippen molar-refractivity contribution in [1.82, 2.24) is 15.5 Å². The molecule has 0 saturated carbocycles. The third kappa shape index (κ3) is 3.33. The van der Waals surface area contributed by atoms with Crippen molar-refractivity contribution in [3.05, 3.63) is 29.8 Å². The molecule has 0 radical (unpaired) electrons. The van der Waals surface area contributed by atoms with Gasteiger partial charge in [0.15, 0.2) is 0 Å². The Labute approximate surface area is 133 Å². The molecule has 0 aromatic heterocycles. The highest BCUT2D eigenvalue weighted by Gasteiger charge is 2.28. The van der Waals surface area contributed by atoms with Gasteiger partial charge in [-0.25, -0.2) is 4.79 Å². The number of carbonyl (C=O) groups excluding carboxylic acids is 3. The van der Waals surface area contributed by atoms with Gasteiger partial charge in [0.25, 0.3) is 5.91 Å². The molecule has 2 saturated heterocycles. The maximum absolute atomic E-state index is 12.5. The van der Waals surface area contributed by atoms with E-state index < -0.39 is 12.1 Å². The molecule has 1 atom stereocenters. The van der Waals surface area contributed by atoms with Crippen LogP contribution in [0.4, 0.5) is 10.5 Å². The number of imide groups is 1. The van der Waals surface area contributed by atoms with Gasteiger partial charge in [-0.2, -0.15) is 0 Å². The predicted octanol–water partition coefficient (Wildman–Crippen LogP) is -0.851. The van der Waals surface area contributed by atoms with Gasteiger partial charge in [-0.3, -0.25) is 19.8 Å². The van der Waals surface area contributed by atoms with Crippen molar-refractivity contribution in [1.29, 1.82) is 0 Å². The number of amides is 4. The zero-order valence-electron chi connectivity index (χ0n) is 12.5. The van der Waals surface area contributed by atoms with Gasteiger partial charge in [0.1, 0.15) is 6.54 Å². The number of aliphatic hydroxyl groups excluding tert-OH is 1. The van der Waals surface area contributed by atoms with E-state index in [0.29, 0.717) is 30.9 Å². The average molecular weight is 318 g/mol. The van der Waals surface area contributed by atoms with Crippen LogP contribution in [0.25, 0.3) is 0 Å². The number of hydrogen-bond acceptors (Lipinski definition) is 5. The van der Waals surface area contributed by atoms with Gasteiger partial charge >= 0.3 is 6.03 Å². The second kappa shape index (κ2) is 6.35. The second-order valence-corrected chi connectivity index (χ2v) is 5.60. The summed E-state index contributed by atoms with van der Waals surface area (Å²) < 4.78 is 0. The number of benzene rings is 1. The van der Waals surface area contributed by atoms with Crippen molar-refractivity contribution in [2.45, 2.75) is 6.10 Å². The summed E-state index contributed by atoms with van der Waals surface area (Å²) in [6.45, 7) is 1.91. The average Bonchev–Trinajstić information content (AvgIpc) is 2.73. The molecule has 0 bridgehead atoms. The molecule has 2 fully saturated rings. The molecule has 4 amide bonds. The number of β-amino-alcohol motifs (C(OH)–C–C–N with tert-alkyl or cyclic N) is 1. The molecule has 2 heterocycles. The van der Waals surface area contributed by atoms with Gasteiger partial charge in [0, 0.05) is 37.4 Å². The molecule has 122 valence electrons. The first-order valence-corrected chi connectivity index (χ1v) is 7.44. The van der Waals surface area contributed by atoms with E-state index in [1.807, 2.05) is 0 Å². The molecule has 23 heavy (non-hydrogen) atoms. The first-order valence-electron chi connectivity index (χ1n) is 7.44. The summed E-state index contributed by atoms with van der Waals surface area (Å²) in [5, 5.41) is 15.0. The van der Waals surface area contributed by atoms with E-state index in [2.05, 4.69) is 10.6 Å². The topological polar surface area (TPSA) is 102 Å². The van der Waals surface area contributed by atoms with Crippen LogP contribution in [-0.4, -0.2) is 66.7 Å². The molecular formula is C15H18N4O4. The minimum Gasteiger partial charge on any atom is -0.390 e. The molecule has 8 heteroatoms. The predicted molar refractivity (Wildman–Crippen MR) is 82.1 cm³/mol. The van der Waals surface area contributed by atoms with E-state index in [9.17, 15) is 19.5 Å². The van der Waals surface area contributed by atoms with E-state index in [1.165, 1.54) is 4.90 Å². The lowest BCUT2D eigenvalue weighted by molar-refractivity contribution is -0.117. The Morgan fingerprint density at radius 3 is 2.61 bits per heavy atom. The molecular weight excluding hydrogens is 300 g/mol. The lowest BCUT2D eigenvalue weighted by Crippen LogP contribution is -2.37. The molecule has 1 aromatic rings. The van der Waals surface area contributed by atoms with Gasteiger partial charge in [0.05, 0.1) is 6.10 Å². The standard InChI is InChI=1S/C15H18N4O4/c20-12-7-16-5-6-18(8-12)14(22)10-1-3-11(4-2-10)19-9-13(21)17-15(19)23/h1-4,12,16,20H,5-9H2,(H,17,21,23)/t12-/m0/s1. The van der Waals surface area contributed by atoms with Gasteiger partial charge in [-0.05, 0) is 24.3 Å². The number of aliphatic hydroxyl groups is 1. The zero-order valence-corrected chi connectivity index (χ0v) is 12.5. The molecule has 2 aliphatic rings. The molecule has 0 aliphatic carbocycles. The normalized spacial score (nSPS) is 22.0. The minimum atomic E-state index is -0.583.